The molecule has 0 saturated heterocycles. The Morgan fingerprint density at radius 3 is 1.91 bits per heavy atom. The Bertz CT molecular complexity index is 763. The Kier molecular flexibility index (Phi) is 15.8. The van der Waals surface area contributed by atoms with E-state index in [0.29, 0.717) is 12.2 Å². The van der Waals surface area contributed by atoms with Crippen LogP contribution in [0.2, 0.25) is 0 Å². The molecule has 200 valence electrons. The van der Waals surface area contributed by atoms with Gasteiger partial charge in [-0.25, -0.2) is 4.79 Å². The zero-order chi connectivity index (χ0) is 27.0. The van der Waals surface area contributed by atoms with Crippen molar-refractivity contribution in [1.29, 1.82) is 0 Å². The third-order valence-electron chi connectivity index (χ3n) is 4.66. The lowest BCUT2D eigenvalue weighted by Gasteiger charge is -2.25. The second-order valence-corrected chi connectivity index (χ2v) is 8.53. The van der Waals surface area contributed by atoms with E-state index in [1.165, 1.54) is 11.8 Å². The van der Waals surface area contributed by atoms with E-state index < -0.39 is 60.4 Å². The van der Waals surface area contributed by atoms with Crippen LogP contribution in [0.25, 0.3) is 0 Å². The molecule has 0 fully saturated rings. The number of nitrogens with two attached hydrogens (primary N) is 4. The van der Waals surface area contributed by atoms with Crippen LogP contribution >= 0.6 is 11.8 Å². The normalized spacial score (nSPS) is 14.0. The number of carboxylic acid groups (broad SMARTS) is 1. The number of amides is 4. The van der Waals surface area contributed by atoms with Gasteiger partial charge in [0, 0.05) is 13.0 Å². The van der Waals surface area contributed by atoms with Gasteiger partial charge in [-0.3, -0.25) is 24.2 Å². The van der Waals surface area contributed by atoms with Crippen LogP contribution in [0, 0.1) is 0 Å². The van der Waals surface area contributed by atoms with E-state index in [2.05, 4.69) is 20.9 Å². The second kappa shape index (κ2) is 17.3. The first kappa shape index (κ1) is 31.9. The highest BCUT2D eigenvalue weighted by molar-refractivity contribution is 7.98. The van der Waals surface area contributed by atoms with Crippen LogP contribution in [0.1, 0.15) is 32.1 Å². The summed E-state index contributed by atoms with van der Waals surface area (Å²) in [6.07, 6.45) is 2.04. The summed E-state index contributed by atoms with van der Waals surface area (Å²) in [5, 5.41) is 25.3. The molecule has 0 saturated carbocycles. The van der Waals surface area contributed by atoms with Gasteiger partial charge in [0.1, 0.15) is 18.1 Å². The summed E-state index contributed by atoms with van der Waals surface area (Å²) in [7, 11) is 0. The number of rotatable bonds is 18. The van der Waals surface area contributed by atoms with Crippen molar-refractivity contribution in [2.24, 2.45) is 27.9 Å². The van der Waals surface area contributed by atoms with Crippen LogP contribution in [0.15, 0.2) is 4.99 Å². The molecule has 0 heterocycles. The van der Waals surface area contributed by atoms with Crippen molar-refractivity contribution >= 4 is 47.3 Å². The number of thioether (sulfide) groups is 1. The maximum atomic E-state index is 12.9. The van der Waals surface area contributed by atoms with E-state index in [1.807, 2.05) is 6.26 Å². The van der Waals surface area contributed by atoms with Crippen LogP contribution in [0.4, 0.5) is 0 Å². The molecule has 0 bridgehead atoms. The number of carbonyl (C=O) groups is 5. The van der Waals surface area contributed by atoms with E-state index in [9.17, 15) is 29.1 Å². The van der Waals surface area contributed by atoms with Crippen LogP contribution < -0.4 is 38.9 Å². The van der Waals surface area contributed by atoms with Gasteiger partial charge in [-0.2, -0.15) is 11.8 Å². The van der Waals surface area contributed by atoms with Crippen LogP contribution in [-0.2, 0) is 24.0 Å². The fraction of sp³-hybridized carbons (Fsp3) is 0.684. The monoisotopic (exact) mass is 520 g/mol. The molecule has 0 spiro atoms. The molecule has 0 aromatic carbocycles. The number of aliphatic imine (C=N–C) groups is 1. The van der Waals surface area contributed by atoms with Gasteiger partial charge in [0.25, 0.3) is 0 Å². The van der Waals surface area contributed by atoms with E-state index >= 15 is 0 Å². The number of hydrogen-bond acceptors (Lipinski definition) is 9. The third-order valence-corrected chi connectivity index (χ3v) is 5.30. The minimum absolute atomic E-state index is 0.00412. The number of carboxylic acids is 1. The van der Waals surface area contributed by atoms with Gasteiger partial charge < -0.3 is 49.1 Å². The quantitative estimate of drug-likeness (QED) is 0.0475. The minimum Gasteiger partial charge on any atom is -0.480 e. The molecular weight excluding hydrogens is 484 g/mol. The number of aliphatic carboxylic acids is 1. The van der Waals surface area contributed by atoms with Gasteiger partial charge in [-0.15, -0.1) is 0 Å². The van der Waals surface area contributed by atoms with Gasteiger partial charge in [-0.05, 0) is 37.7 Å². The molecule has 4 unspecified atom stereocenters. The zero-order valence-corrected chi connectivity index (χ0v) is 20.4. The van der Waals surface area contributed by atoms with Crippen molar-refractivity contribution in [3.63, 3.8) is 0 Å². The summed E-state index contributed by atoms with van der Waals surface area (Å²) in [6.45, 7) is -0.753. The van der Waals surface area contributed by atoms with Crippen molar-refractivity contribution < 1.29 is 34.2 Å². The highest BCUT2D eigenvalue weighted by atomic mass is 32.2. The molecule has 4 amide bonds. The Balaban J connectivity index is 5.54. The molecule has 16 heteroatoms. The van der Waals surface area contributed by atoms with E-state index in [1.54, 1.807) is 0 Å². The van der Waals surface area contributed by atoms with Crippen molar-refractivity contribution in [2.45, 2.75) is 56.3 Å². The fourth-order valence-corrected chi connectivity index (χ4v) is 3.20. The Morgan fingerprint density at radius 1 is 0.886 bits per heavy atom. The molecule has 0 aliphatic rings. The van der Waals surface area contributed by atoms with Gasteiger partial charge in [-0.1, -0.05) is 0 Å². The number of aliphatic hydroxyl groups excluding tert-OH is 1. The van der Waals surface area contributed by atoms with Crippen LogP contribution in [-0.4, -0.2) is 95.1 Å². The zero-order valence-electron chi connectivity index (χ0n) is 19.6. The molecule has 0 rings (SSSR count). The average molecular weight is 521 g/mol. The molecule has 0 aromatic heterocycles. The Labute approximate surface area is 207 Å². The van der Waals surface area contributed by atoms with E-state index in [-0.39, 0.29) is 38.2 Å². The summed E-state index contributed by atoms with van der Waals surface area (Å²) in [5.41, 5.74) is 21.5. The summed E-state index contributed by atoms with van der Waals surface area (Å²) in [6, 6.07) is -5.00. The summed E-state index contributed by atoms with van der Waals surface area (Å²) in [5.74, 6) is -4.06. The maximum absolute atomic E-state index is 12.9. The minimum atomic E-state index is -1.60. The van der Waals surface area contributed by atoms with Gasteiger partial charge in [0.2, 0.25) is 23.6 Å². The van der Waals surface area contributed by atoms with Crippen molar-refractivity contribution in [1.82, 2.24) is 16.0 Å². The molecule has 0 aliphatic carbocycles. The lowest BCUT2D eigenvalue weighted by molar-refractivity contribution is -0.143. The SMILES string of the molecule is CSCCC(N)C(=O)NC(CCC(N)=O)C(=O)NC(CCCN=C(N)N)C(=O)NC(CO)C(=O)O. The van der Waals surface area contributed by atoms with Gasteiger partial charge >= 0.3 is 5.97 Å². The van der Waals surface area contributed by atoms with Crippen LogP contribution in [0.3, 0.4) is 0 Å². The third kappa shape index (κ3) is 14.0. The second-order valence-electron chi connectivity index (χ2n) is 7.55. The molecule has 0 aromatic rings. The first-order chi connectivity index (χ1) is 16.4. The molecular formula is C19H36N8O7S. The number of nitrogens with one attached hydrogen (secondary N) is 3. The Morgan fingerprint density at radius 2 is 1.43 bits per heavy atom. The molecule has 15 nitrogen and oxygen atoms in total. The predicted octanol–water partition coefficient (Wildman–Crippen LogP) is -4.08. The first-order valence-corrected chi connectivity index (χ1v) is 12.1. The molecule has 35 heavy (non-hydrogen) atoms. The average Bonchev–Trinajstić information content (AvgIpc) is 2.79. The number of guanidine groups is 1. The predicted molar refractivity (Wildman–Crippen MR) is 130 cm³/mol. The topological polar surface area (TPSA) is 278 Å². The fourth-order valence-electron chi connectivity index (χ4n) is 2.71. The molecule has 0 aliphatic heterocycles. The molecule has 13 N–H and O–H groups in total. The standard InChI is InChI=1S/C19H36N8O7S/c1-35-8-6-10(20)15(30)25-12(4-5-14(21)29)17(32)26-11(3-2-7-24-19(22)23)16(31)27-13(9-28)18(33)34/h10-13,28H,2-9,20H2,1H3,(H2,21,29)(H,25,30)(H,26,32)(H,27,31)(H,33,34)(H4,22,23,24). The van der Waals surface area contributed by atoms with E-state index in [4.69, 9.17) is 28.0 Å². The largest absolute Gasteiger partial charge is 0.480 e. The first-order valence-electron chi connectivity index (χ1n) is 10.8. The smallest absolute Gasteiger partial charge is 0.328 e. The lowest BCUT2D eigenvalue weighted by atomic mass is 10.1. The number of carbonyl (C=O) groups excluding carboxylic acids is 4. The number of hydrogen-bond donors (Lipinski definition) is 9. The van der Waals surface area contributed by atoms with Gasteiger partial charge in [0.15, 0.2) is 5.96 Å². The molecule has 4 atom stereocenters. The lowest BCUT2D eigenvalue weighted by Crippen LogP contribution is -2.57. The van der Waals surface area contributed by atoms with E-state index in [0.717, 1.165) is 0 Å². The Hall–Kier alpha value is -3.11. The van der Waals surface area contributed by atoms with Crippen LogP contribution in [0.5, 0.6) is 0 Å². The molecule has 0 radical (unpaired) electrons. The van der Waals surface area contributed by atoms with Crippen molar-refractivity contribution in [3.8, 4) is 0 Å². The highest BCUT2D eigenvalue weighted by Crippen LogP contribution is 2.05. The summed E-state index contributed by atoms with van der Waals surface area (Å²) >= 11 is 1.49. The van der Waals surface area contributed by atoms with Crippen molar-refractivity contribution in [3.05, 3.63) is 0 Å². The van der Waals surface area contributed by atoms with Crippen molar-refractivity contribution in [2.75, 3.05) is 25.2 Å². The number of primary amides is 1. The van der Waals surface area contributed by atoms with Gasteiger partial charge in [0.05, 0.1) is 12.6 Å². The summed E-state index contributed by atoms with van der Waals surface area (Å²) < 4.78 is 0. The maximum Gasteiger partial charge on any atom is 0.328 e. The highest BCUT2D eigenvalue weighted by Gasteiger charge is 2.30. The summed E-state index contributed by atoms with van der Waals surface area (Å²) in [4.78, 5) is 64.2. The number of nitrogens with zero attached hydrogens (tertiary/aromatic N) is 1. The number of aliphatic hydroxyl groups is 1.